The maximum absolute atomic E-state index is 6.32. The molecule has 0 amide bonds. The molecule has 1 fully saturated rings. The van der Waals surface area contributed by atoms with Crippen LogP contribution in [0.5, 0.6) is 0 Å². The first-order valence-corrected chi connectivity index (χ1v) is 8.15. The molecule has 1 aliphatic carbocycles. The fraction of sp³-hybridized carbons (Fsp3) is 0.647. The molecule has 0 bridgehead atoms. The third kappa shape index (κ3) is 4.47. The predicted octanol–water partition coefficient (Wildman–Crippen LogP) is 4.11. The van der Waals surface area contributed by atoms with E-state index in [1.54, 1.807) is 0 Å². The summed E-state index contributed by atoms with van der Waals surface area (Å²) in [5.41, 5.74) is 1.22. The van der Waals surface area contributed by atoms with Crippen LogP contribution in [-0.4, -0.2) is 31.1 Å². The molecule has 0 heterocycles. The van der Waals surface area contributed by atoms with Gasteiger partial charge in [0.2, 0.25) is 0 Å². The number of hydrogen-bond donors (Lipinski definition) is 1. The van der Waals surface area contributed by atoms with Crippen molar-refractivity contribution < 1.29 is 0 Å². The van der Waals surface area contributed by atoms with E-state index in [-0.39, 0.29) is 0 Å². The summed E-state index contributed by atoms with van der Waals surface area (Å²) in [4.78, 5) is 2.66. The zero-order valence-electron chi connectivity index (χ0n) is 12.9. The summed E-state index contributed by atoms with van der Waals surface area (Å²) in [7, 11) is 2.03. The molecule has 1 atom stereocenters. The van der Waals surface area contributed by atoms with Crippen LogP contribution in [0, 0.1) is 5.92 Å². The topological polar surface area (TPSA) is 15.3 Å². The van der Waals surface area contributed by atoms with Gasteiger partial charge in [-0.2, -0.15) is 0 Å². The Labute approximate surface area is 128 Å². The number of halogens is 1. The van der Waals surface area contributed by atoms with E-state index in [4.69, 9.17) is 11.6 Å². The highest BCUT2D eigenvalue weighted by Crippen LogP contribution is 2.30. The number of benzene rings is 1. The van der Waals surface area contributed by atoms with Gasteiger partial charge in [-0.3, -0.25) is 0 Å². The molecule has 1 aromatic carbocycles. The first kappa shape index (κ1) is 15.8. The molecule has 1 saturated carbocycles. The molecule has 0 saturated heterocycles. The summed E-state index contributed by atoms with van der Waals surface area (Å²) < 4.78 is 0. The normalized spacial score (nSPS) is 16.9. The minimum absolute atomic E-state index is 0.345. The smallest absolute Gasteiger partial charge is 0.0453 e. The van der Waals surface area contributed by atoms with Crippen molar-refractivity contribution in [2.45, 2.75) is 45.2 Å². The fourth-order valence-corrected chi connectivity index (χ4v) is 3.11. The van der Waals surface area contributed by atoms with Gasteiger partial charge in [-0.15, -0.1) is 0 Å². The Balaban J connectivity index is 1.94. The lowest BCUT2D eigenvalue weighted by molar-refractivity contribution is 0.223. The Kier molecular flexibility index (Phi) is 5.88. The molecule has 2 rings (SSSR count). The van der Waals surface area contributed by atoms with Crippen molar-refractivity contribution in [2.75, 3.05) is 20.1 Å². The summed E-state index contributed by atoms with van der Waals surface area (Å²) in [5, 5.41) is 4.29. The Morgan fingerprint density at radius 3 is 2.55 bits per heavy atom. The van der Waals surface area contributed by atoms with Crippen LogP contribution >= 0.6 is 11.6 Å². The van der Waals surface area contributed by atoms with E-state index in [1.165, 1.54) is 24.9 Å². The number of nitrogens with one attached hydrogen (secondary N) is 1. The number of hydrogen-bond acceptors (Lipinski definition) is 2. The van der Waals surface area contributed by atoms with Crippen molar-refractivity contribution >= 4 is 11.6 Å². The molecule has 0 radical (unpaired) electrons. The molecular weight excluding hydrogens is 268 g/mol. The van der Waals surface area contributed by atoms with Crippen molar-refractivity contribution in [3.05, 3.63) is 34.9 Å². The highest BCUT2D eigenvalue weighted by Gasteiger charge is 2.29. The van der Waals surface area contributed by atoms with Crippen molar-refractivity contribution in [3.63, 3.8) is 0 Å². The van der Waals surface area contributed by atoms with E-state index in [9.17, 15) is 0 Å². The zero-order chi connectivity index (χ0) is 14.5. The van der Waals surface area contributed by atoms with Crippen LogP contribution in [0.25, 0.3) is 0 Å². The molecule has 1 aliphatic rings. The van der Waals surface area contributed by atoms with Crippen molar-refractivity contribution in [2.24, 2.45) is 5.92 Å². The van der Waals surface area contributed by atoms with Crippen molar-refractivity contribution in [1.82, 2.24) is 10.2 Å². The molecule has 20 heavy (non-hydrogen) atoms. The zero-order valence-corrected chi connectivity index (χ0v) is 13.7. The van der Waals surface area contributed by atoms with Crippen molar-refractivity contribution in [3.8, 4) is 0 Å². The summed E-state index contributed by atoms with van der Waals surface area (Å²) in [6, 6.07) is 9.35. The van der Waals surface area contributed by atoms with Gasteiger partial charge in [0.05, 0.1) is 0 Å². The van der Waals surface area contributed by atoms with E-state index in [0.717, 1.165) is 29.9 Å². The fourth-order valence-electron chi connectivity index (χ4n) is 2.84. The first-order chi connectivity index (χ1) is 9.61. The Morgan fingerprint density at radius 2 is 2.00 bits per heavy atom. The molecule has 3 heteroatoms. The maximum atomic E-state index is 6.32. The Bertz CT molecular complexity index is 415. The van der Waals surface area contributed by atoms with E-state index >= 15 is 0 Å². The molecule has 2 nitrogen and oxygen atoms in total. The van der Waals surface area contributed by atoms with Gasteiger partial charge < -0.3 is 10.2 Å². The average Bonchev–Trinajstić information content (AvgIpc) is 3.24. The lowest BCUT2D eigenvalue weighted by Gasteiger charge is -2.27. The van der Waals surface area contributed by atoms with Gasteiger partial charge in [-0.05, 0) is 43.9 Å². The van der Waals surface area contributed by atoms with Crippen LogP contribution in [0.15, 0.2) is 24.3 Å². The second-order valence-electron chi connectivity index (χ2n) is 6.27. The van der Waals surface area contributed by atoms with Crippen LogP contribution in [0.2, 0.25) is 5.02 Å². The summed E-state index contributed by atoms with van der Waals surface area (Å²) in [5.74, 6) is 0.740. The molecule has 0 aromatic heterocycles. The van der Waals surface area contributed by atoms with Gasteiger partial charge in [-0.1, -0.05) is 43.6 Å². The largest absolute Gasteiger partial charge is 0.313 e. The third-order valence-electron chi connectivity index (χ3n) is 4.00. The number of nitrogens with zero attached hydrogens (tertiary/aromatic N) is 1. The van der Waals surface area contributed by atoms with Gasteiger partial charge in [0, 0.05) is 30.2 Å². The van der Waals surface area contributed by atoms with Crippen LogP contribution < -0.4 is 5.32 Å². The van der Waals surface area contributed by atoms with E-state index in [0.29, 0.717) is 6.04 Å². The number of rotatable bonds is 8. The van der Waals surface area contributed by atoms with Gasteiger partial charge in [0.1, 0.15) is 0 Å². The highest BCUT2D eigenvalue weighted by molar-refractivity contribution is 6.31. The van der Waals surface area contributed by atoms with Crippen molar-refractivity contribution in [1.29, 1.82) is 0 Å². The third-order valence-corrected chi connectivity index (χ3v) is 4.34. The van der Waals surface area contributed by atoms with Crippen LogP contribution in [0.3, 0.4) is 0 Å². The minimum Gasteiger partial charge on any atom is -0.313 e. The summed E-state index contributed by atoms with van der Waals surface area (Å²) in [6.45, 7) is 6.97. The predicted molar refractivity (Wildman–Crippen MR) is 87.3 cm³/mol. The molecule has 1 unspecified atom stereocenters. The monoisotopic (exact) mass is 294 g/mol. The lowest BCUT2D eigenvalue weighted by Crippen LogP contribution is -2.33. The first-order valence-electron chi connectivity index (χ1n) is 7.77. The highest BCUT2D eigenvalue weighted by atomic mass is 35.5. The molecule has 1 N–H and O–H groups in total. The Hall–Kier alpha value is -0.570. The molecule has 0 aliphatic heterocycles. The van der Waals surface area contributed by atoms with E-state index < -0.39 is 0 Å². The molecule has 0 spiro atoms. The standard InChI is InChI=1S/C17H27ClN2/c1-13(2)12-20(14-8-9-14)11-10-17(19-3)15-6-4-5-7-16(15)18/h4-7,13-14,17,19H,8-12H2,1-3H3. The second-order valence-corrected chi connectivity index (χ2v) is 6.68. The summed E-state index contributed by atoms with van der Waals surface area (Å²) in [6.07, 6.45) is 3.87. The lowest BCUT2D eigenvalue weighted by atomic mass is 10.0. The summed E-state index contributed by atoms with van der Waals surface area (Å²) >= 11 is 6.32. The van der Waals surface area contributed by atoms with Crippen LogP contribution in [0.1, 0.15) is 44.7 Å². The van der Waals surface area contributed by atoms with E-state index in [1.807, 2.05) is 19.2 Å². The van der Waals surface area contributed by atoms with Gasteiger partial charge in [0.25, 0.3) is 0 Å². The van der Waals surface area contributed by atoms with Gasteiger partial charge in [0.15, 0.2) is 0 Å². The molecule has 1 aromatic rings. The maximum Gasteiger partial charge on any atom is 0.0453 e. The molecular formula is C17H27ClN2. The van der Waals surface area contributed by atoms with Crippen LogP contribution in [-0.2, 0) is 0 Å². The van der Waals surface area contributed by atoms with Gasteiger partial charge >= 0.3 is 0 Å². The molecule has 112 valence electrons. The van der Waals surface area contributed by atoms with Crippen LogP contribution in [0.4, 0.5) is 0 Å². The quantitative estimate of drug-likeness (QED) is 0.776. The average molecular weight is 295 g/mol. The van der Waals surface area contributed by atoms with E-state index in [2.05, 4.69) is 36.2 Å². The SMILES string of the molecule is CNC(CCN(CC(C)C)C1CC1)c1ccccc1Cl. The Morgan fingerprint density at radius 1 is 1.30 bits per heavy atom. The second kappa shape index (κ2) is 7.44. The van der Waals surface area contributed by atoms with Gasteiger partial charge in [-0.25, -0.2) is 0 Å². The minimum atomic E-state index is 0.345.